The van der Waals surface area contributed by atoms with Gasteiger partial charge in [0.2, 0.25) is 0 Å². The summed E-state index contributed by atoms with van der Waals surface area (Å²) in [4.78, 5) is 13.5. The standard InChI is InChI=1S/C23H31NO/c25-21(11-17-6-8-24-9-7-17)23-14-18-10-19(15-23)13-22(12-18,16-23)20-4-2-1-3-5-20/h1-5,17-19,24H,6-16H2. The summed E-state index contributed by atoms with van der Waals surface area (Å²) in [5.41, 5.74) is 1.84. The number of benzene rings is 1. The van der Waals surface area contributed by atoms with Crippen LogP contribution in [0.1, 0.15) is 63.4 Å². The Bertz CT molecular complexity index is 631. The van der Waals surface area contributed by atoms with Crippen LogP contribution in [0.3, 0.4) is 0 Å². The van der Waals surface area contributed by atoms with E-state index in [0.717, 1.165) is 37.8 Å². The van der Waals surface area contributed by atoms with Crippen LogP contribution in [0.25, 0.3) is 0 Å². The Morgan fingerprint density at radius 3 is 2.36 bits per heavy atom. The van der Waals surface area contributed by atoms with Crippen molar-refractivity contribution < 1.29 is 4.79 Å². The molecule has 5 fully saturated rings. The lowest BCUT2D eigenvalue weighted by Gasteiger charge is -2.62. The first-order valence-electron chi connectivity index (χ1n) is 10.5. The van der Waals surface area contributed by atoms with Gasteiger partial charge >= 0.3 is 0 Å². The molecule has 4 aliphatic carbocycles. The third-order valence-corrected chi connectivity index (χ3v) is 7.97. The molecule has 25 heavy (non-hydrogen) atoms. The molecule has 2 unspecified atom stereocenters. The summed E-state index contributed by atoms with van der Waals surface area (Å²) >= 11 is 0. The van der Waals surface area contributed by atoms with Crippen molar-refractivity contribution in [1.82, 2.24) is 5.32 Å². The van der Waals surface area contributed by atoms with E-state index in [0.29, 0.717) is 17.1 Å². The highest BCUT2D eigenvalue weighted by Gasteiger charge is 2.60. The zero-order valence-corrected chi connectivity index (χ0v) is 15.3. The minimum Gasteiger partial charge on any atom is -0.317 e. The van der Waals surface area contributed by atoms with Gasteiger partial charge in [0.1, 0.15) is 5.78 Å². The van der Waals surface area contributed by atoms with Gasteiger partial charge in [-0.15, -0.1) is 0 Å². The number of Topliss-reactive ketones (excluding diaryl/α,β-unsaturated/α-hetero) is 1. The van der Waals surface area contributed by atoms with Crippen LogP contribution in [0.2, 0.25) is 0 Å². The van der Waals surface area contributed by atoms with Crippen molar-refractivity contribution in [3.8, 4) is 0 Å². The van der Waals surface area contributed by atoms with Crippen molar-refractivity contribution in [1.29, 1.82) is 0 Å². The van der Waals surface area contributed by atoms with Crippen LogP contribution in [0, 0.1) is 23.2 Å². The van der Waals surface area contributed by atoms with Gasteiger partial charge in [0.05, 0.1) is 0 Å². The second kappa shape index (κ2) is 5.94. The predicted octanol–water partition coefficient (Wildman–Crippen LogP) is 4.48. The van der Waals surface area contributed by atoms with Crippen molar-refractivity contribution in [3.05, 3.63) is 35.9 Å². The van der Waals surface area contributed by atoms with Crippen molar-refractivity contribution in [2.24, 2.45) is 23.2 Å². The van der Waals surface area contributed by atoms with Crippen molar-refractivity contribution in [3.63, 3.8) is 0 Å². The molecule has 6 rings (SSSR count). The lowest BCUT2D eigenvalue weighted by molar-refractivity contribution is -0.148. The zero-order valence-electron chi connectivity index (χ0n) is 15.3. The minimum atomic E-state index is 0.0187. The Kier molecular flexibility index (Phi) is 3.82. The maximum absolute atomic E-state index is 13.5. The number of ketones is 1. The summed E-state index contributed by atoms with van der Waals surface area (Å²) in [5, 5.41) is 3.44. The number of carbonyl (C=O) groups excluding carboxylic acids is 1. The van der Waals surface area contributed by atoms with Gasteiger partial charge in [-0.1, -0.05) is 30.3 Å². The molecule has 4 bridgehead atoms. The molecule has 1 aliphatic heterocycles. The molecular formula is C23H31NO. The Hall–Kier alpha value is -1.15. The molecule has 4 saturated carbocycles. The fraction of sp³-hybridized carbons (Fsp3) is 0.696. The van der Waals surface area contributed by atoms with E-state index in [-0.39, 0.29) is 5.41 Å². The first-order valence-corrected chi connectivity index (χ1v) is 10.5. The van der Waals surface area contributed by atoms with Crippen molar-refractivity contribution in [2.75, 3.05) is 13.1 Å². The van der Waals surface area contributed by atoms with E-state index in [4.69, 9.17) is 0 Å². The van der Waals surface area contributed by atoms with Crippen LogP contribution in [0.15, 0.2) is 30.3 Å². The highest BCUT2D eigenvalue weighted by atomic mass is 16.1. The van der Waals surface area contributed by atoms with E-state index in [1.807, 2.05) is 0 Å². The average Bonchev–Trinajstić information content (AvgIpc) is 2.62. The number of rotatable bonds is 4. The summed E-state index contributed by atoms with van der Waals surface area (Å²) in [5.74, 6) is 2.85. The summed E-state index contributed by atoms with van der Waals surface area (Å²) in [6, 6.07) is 11.2. The number of piperidine rings is 1. The number of carbonyl (C=O) groups is 1. The lowest BCUT2D eigenvalue weighted by atomic mass is 9.42. The summed E-state index contributed by atoms with van der Waals surface area (Å²) < 4.78 is 0. The molecule has 0 amide bonds. The van der Waals surface area contributed by atoms with Gasteiger partial charge in [-0.3, -0.25) is 4.79 Å². The maximum Gasteiger partial charge on any atom is 0.139 e. The SMILES string of the molecule is O=C(CC1CCNCC1)C12CC3CC(C1)CC(c1ccccc1)(C3)C2. The number of hydrogen-bond acceptors (Lipinski definition) is 2. The van der Waals surface area contributed by atoms with E-state index in [1.165, 1.54) is 50.5 Å². The molecule has 2 heteroatoms. The molecule has 1 aromatic carbocycles. The van der Waals surface area contributed by atoms with Gasteiger partial charge in [-0.05, 0) is 93.2 Å². The smallest absolute Gasteiger partial charge is 0.139 e. The first kappa shape index (κ1) is 16.1. The largest absolute Gasteiger partial charge is 0.317 e. The van der Waals surface area contributed by atoms with Crippen LogP contribution < -0.4 is 5.32 Å². The quantitative estimate of drug-likeness (QED) is 0.877. The van der Waals surface area contributed by atoms with Gasteiger partial charge in [0, 0.05) is 11.8 Å². The zero-order chi connectivity index (χ0) is 16.9. The fourth-order valence-corrected chi connectivity index (χ4v) is 7.28. The van der Waals surface area contributed by atoms with Crippen molar-refractivity contribution in [2.45, 2.75) is 63.2 Å². The molecule has 1 aromatic rings. The van der Waals surface area contributed by atoms with E-state index in [2.05, 4.69) is 35.6 Å². The molecular weight excluding hydrogens is 306 g/mol. The van der Waals surface area contributed by atoms with Gasteiger partial charge in [-0.25, -0.2) is 0 Å². The van der Waals surface area contributed by atoms with Gasteiger partial charge in [0.15, 0.2) is 0 Å². The molecule has 2 nitrogen and oxygen atoms in total. The monoisotopic (exact) mass is 337 g/mol. The molecule has 1 saturated heterocycles. The van der Waals surface area contributed by atoms with Crippen LogP contribution in [0.4, 0.5) is 0 Å². The second-order valence-corrected chi connectivity index (χ2v) is 9.71. The summed E-state index contributed by atoms with van der Waals surface area (Å²) in [7, 11) is 0. The Morgan fingerprint density at radius 1 is 1.00 bits per heavy atom. The molecule has 5 aliphatic rings. The maximum atomic E-state index is 13.5. The highest BCUT2D eigenvalue weighted by Crippen LogP contribution is 2.66. The number of nitrogens with one attached hydrogen (secondary N) is 1. The molecule has 1 heterocycles. The molecule has 134 valence electrons. The Labute approximate surface area is 151 Å². The molecule has 0 radical (unpaired) electrons. The summed E-state index contributed by atoms with van der Waals surface area (Å²) in [6.07, 6.45) is 10.8. The van der Waals surface area contributed by atoms with Gasteiger partial charge < -0.3 is 5.32 Å². The molecule has 0 spiro atoms. The normalized spacial score (nSPS) is 40.3. The van der Waals surface area contributed by atoms with E-state index in [9.17, 15) is 4.79 Å². The Morgan fingerprint density at radius 2 is 1.68 bits per heavy atom. The second-order valence-electron chi connectivity index (χ2n) is 9.71. The lowest BCUT2D eigenvalue weighted by Crippen LogP contribution is -2.57. The predicted molar refractivity (Wildman–Crippen MR) is 100 cm³/mol. The average molecular weight is 338 g/mol. The van der Waals surface area contributed by atoms with E-state index in [1.54, 1.807) is 0 Å². The molecule has 0 aromatic heterocycles. The molecule has 2 atom stereocenters. The van der Waals surface area contributed by atoms with Crippen LogP contribution in [0.5, 0.6) is 0 Å². The number of hydrogen-bond donors (Lipinski definition) is 1. The van der Waals surface area contributed by atoms with E-state index < -0.39 is 0 Å². The minimum absolute atomic E-state index is 0.0187. The third-order valence-electron chi connectivity index (χ3n) is 7.97. The van der Waals surface area contributed by atoms with Crippen molar-refractivity contribution >= 4 is 5.78 Å². The van der Waals surface area contributed by atoms with Crippen LogP contribution in [-0.2, 0) is 10.2 Å². The van der Waals surface area contributed by atoms with Gasteiger partial charge in [-0.2, -0.15) is 0 Å². The first-order chi connectivity index (χ1) is 12.2. The topological polar surface area (TPSA) is 29.1 Å². The van der Waals surface area contributed by atoms with E-state index >= 15 is 0 Å². The third kappa shape index (κ3) is 2.68. The van der Waals surface area contributed by atoms with Crippen LogP contribution in [-0.4, -0.2) is 18.9 Å². The summed E-state index contributed by atoms with van der Waals surface area (Å²) in [6.45, 7) is 2.20. The van der Waals surface area contributed by atoms with Gasteiger partial charge in [0.25, 0.3) is 0 Å². The highest BCUT2D eigenvalue weighted by molar-refractivity contribution is 5.86. The van der Waals surface area contributed by atoms with Crippen LogP contribution >= 0.6 is 0 Å². The Balaban J connectivity index is 1.43. The fourth-order valence-electron chi connectivity index (χ4n) is 7.28. The molecule has 1 N–H and O–H groups in total.